The number of nitrogens with zero attached hydrogens (tertiary/aromatic N) is 1. The summed E-state index contributed by atoms with van der Waals surface area (Å²) in [6.07, 6.45) is 6.80. The summed E-state index contributed by atoms with van der Waals surface area (Å²) in [5.74, 6) is 0.135. The number of aryl methyl sites for hydroxylation is 1. The number of nitrogens with one attached hydrogen (secondary N) is 2. The van der Waals surface area contributed by atoms with Gasteiger partial charge in [-0.2, -0.15) is 5.10 Å². The molecule has 2 aromatic rings. The third-order valence-electron chi connectivity index (χ3n) is 3.78. The van der Waals surface area contributed by atoms with Crippen LogP contribution in [0.25, 0.3) is 0 Å². The Morgan fingerprint density at radius 2 is 2.24 bits per heavy atom. The number of thiophene rings is 1. The number of urea groups is 1. The molecule has 0 radical (unpaired) electrons. The van der Waals surface area contributed by atoms with Crippen molar-refractivity contribution in [2.45, 2.75) is 32.6 Å². The molecule has 2 heterocycles. The summed E-state index contributed by atoms with van der Waals surface area (Å²) in [7, 11) is 0. The molecule has 0 aliphatic heterocycles. The summed E-state index contributed by atoms with van der Waals surface area (Å²) < 4.78 is 10.2. The lowest BCUT2D eigenvalue weighted by Crippen LogP contribution is -2.25. The molecule has 25 heavy (non-hydrogen) atoms. The average Bonchev–Trinajstić information content (AvgIpc) is 3.22. The first kappa shape index (κ1) is 17.2. The number of furan rings is 1. The summed E-state index contributed by atoms with van der Waals surface area (Å²) in [5, 5.41) is 7.03. The normalized spacial score (nSPS) is 13.5. The Labute approximate surface area is 149 Å². The second kappa shape index (κ2) is 7.98. The van der Waals surface area contributed by atoms with Gasteiger partial charge in [0.05, 0.1) is 24.6 Å². The highest BCUT2D eigenvalue weighted by molar-refractivity contribution is 7.17. The Kier molecular flexibility index (Phi) is 5.49. The van der Waals surface area contributed by atoms with Gasteiger partial charge >= 0.3 is 12.0 Å². The molecule has 0 fully saturated rings. The molecule has 8 heteroatoms. The molecule has 0 saturated carbocycles. The van der Waals surface area contributed by atoms with Crippen molar-refractivity contribution >= 4 is 34.6 Å². The van der Waals surface area contributed by atoms with E-state index in [4.69, 9.17) is 9.15 Å². The Morgan fingerprint density at radius 3 is 3.00 bits per heavy atom. The number of fused-ring (bicyclic) bond motifs is 1. The van der Waals surface area contributed by atoms with Crippen LogP contribution in [0.3, 0.4) is 0 Å². The van der Waals surface area contributed by atoms with E-state index in [-0.39, 0.29) is 0 Å². The zero-order chi connectivity index (χ0) is 17.6. The number of carbonyl (C=O) groups excluding carboxylic acids is 2. The lowest BCUT2D eigenvalue weighted by molar-refractivity contribution is 0.0526. The fraction of sp³-hybridized carbons (Fsp3) is 0.353. The lowest BCUT2D eigenvalue weighted by Gasteiger charge is -2.12. The summed E-state index contributed by atoms with van der Waals surface area (Å²) in [6.45, 7) is 2.06. The van der Waals surface area contributed by atoms with Gasteiger partial charge in [-0.15, -0.1) is 11.3 Å². The molecule has 0 unspecified atom stereocenters. The number of hydrogen-bond donors (Lipinski definition) is 2. The Balaban J connectivity index is 1.73. The van der Waals surface area contributed by atoms with Crippen LogP contribution < -0.4 is 10.7 Å². The highest BCUT2D eigenvalue weighted by atomic mass is 32.1. The number of esters is 1. The minimum absolute atomic E-state index is 0.294. The molecule has 0 atom stereocenters. The van der Waals surface area contributed by atoms with Gasteiger partial charge in [0.1, 0.15) is 10.8 Å². The highest BCUT2D eigenvalue weighted by Crippen LogP contribution is 2.38. The third-order valence-corrected chi connectivity index (χ3v) is 4.99. The van der Waals surface area contributed by atoms with Crippen molar-refractivity contribution in [3.63, 3.8) is 0 Å². The standard InChI is InChI=1S/C17H19N3O4S/c1-2-23-16(21)14-12-7-3-4-8-13(12)25-15(14)19-17(22)20-18-10-11-6-5-9-24-11/h5-6,9-10H,2-4,7-8H2,1H3,(H2,19,20,22). The number of anilines is 1. The van der Waals surface area contributed by atoms with Gasteiger partial charge in [0, 0.05) is 4.88 Å². The van der Waals surface area contributed by atoms with Crippen molar-refractivity contribution in [3.05, 3.63) is 40.2 Å². The molecule has 3 rings (SSSR count). The van der Waals surface area contributed by atoms with Gasteiger partial charge in [0.2, 0.25) is 0 Å². The van der Waals surface area contributed by atoms with E-state index in [0.717, 1.165) is 36.1 Å². The van der Waals surface area contributed by atoms with Gasteiger partial charge < -0.3 is 9.15 Å². The minimum Gasteiger partial charge on any atom is -0.463 e. The smallest absolute Gasteiger partial charge is 0.341 e. The zero-order valence-electron chi connectivity index (χ0n) is 13.8. The second-order valence-electron chi connectivity index (χ2n) is 5.48. The van der Waals surface area contributed by atoms with Crippen LogP contribution in [0.1, 0.15) is 46.3 Å². The maximum Gasteiger partial charge on any atom is 0.341 e. The second-order valence-corrected chi connectivity index (χ2v) is 6.58. The van der Waals surface area contributed by atoms with E-state index in [1.165, 1.54) is 23.8 Å². The number of hydrazone groups is 1. The average molecular weight is 361 g/mol. The molecule has 0 bridgehead atoms. The van der Waals surface area contributed by atoms with Crippen molar-refractivity contribution in [1.29, 1.82) is 0 Å². The van der Waals surface area contributed by atoms with E-state index in [2.05, 4.69) is 15.8 Å². The van der Waals surface area contributed by atoms with Crippen molar-refractivity contribution in [2.75, 3.05) is 11.9 Å². The van der Waals surface area contributed by atoms with Crippen LogP contribution in [-0.2, 0) is 17.6 Å². The van der Waals surface area contributed by atoms with E-state index in [1.807, 2.05) is 0 Å². The summed E-state index contributed by atoms with van der Waals surface area (Å²) >= 11 is 1.43. The molecule has 7 nitrogen and oxygen atoms in total. The number of amides is 2. The first-order valence-electron chi connectivity index (χ1n) is 8.14. The molecule has 2 N–H and O–H groups in total. The molecule has 132 valence electrons. The maximum absolute atomic E-state index is 12.3. The van der Waals surface area contributed by atoms with E-state index < -0.39 is 12.0 Å². The molecule has 1 aliphatic rings. The third kappa shape index (κ3) is 4.08. The van der Waals surface area contributed by atoms with E-state index in [1.54, 1.807) is 19.1 Å². The quantitative estimate of drug-likeness (QED) is 0.484. The van der Waals surface area contributed by atoms with Gasteiger partial charge in [-0.05, 0) is 50.3 Å². The summed E-state index contributed by atoms with van der Waals surface area (Å²) in [6, 6.07) is 2.92. The fourth-order valence-corrected chi connectivity index (χ4v) is 4.00. The molecule has 1 aliphatic carbocycles. The van der Waals surface area contributed by atoms with Gasteiger partial charge in [-0.25, -0.2) is 15.0 Å². The van der Waals surface area contributed by atoms with E-state index in [0.29, 0.717) is 22.9 Å². The first-order valence-corrected chi connectivity index (χ1v) is 8.96. The number of hydrogen-bond acceptors (Lipinski definition) is 6. The van der Waals surface area contributed by atoms with Crippen LogP contribution >= 0.6 is 11.3 Å². The summed E-state index contributed by atoms with van der Waals surface area (Å²) in [4.78, 5) is 25.5. The minimum atomic E-state index is -0.521. The topological polar surface area (TPSA) is 92.9 Å². The van der Waals surface area contributed by atoms with Crippen LogP contribution in [0.5, 0.6) is 0 Å². The maximum atomic E-state index is 12.3. The van der Waals surface area contributed by atoms with Crippen molar-refractivity contribution in [3.8, 4) is 0 Å². The molecule has 2 amide bonds. The van der Waals surface area contributed by atoms with Crippen molar-refractivity contribution in [1.82, 2.24) is 5.43 Å². The lowest BCUT2D eigenvalue weighted by atomic mass is 9.95. The first-order chi connectivity index (χ1) is 12.2. The largest absolute Gasteiger partial charge is 0.463 e. The number of rotatable bonds is 5. The molecular formula is C17H19N3O4S. The van der Waals surface area contributed by atoms with Crippen molar-refractivity contribution in [2.24, 2.45) is 5.10 Å². The number of ether oxygens (including phenoxy) is 1. The van der Waals surface area contributed by atoms with E-state index in [9.17, 15) is 9.59 Å². The predicted octanol–water partition coefficient (Wildman–Crippen LogP) is 3.55. The monoisotopic (exact) mass is 361 g/mol. The molecule has 0 spiro atoms. The van der Waals surface area contributed by atoms with Gasteiger partial charge in [0.25, 0.3) is 0 Å². The van der Waals surface area contributed by atoms with Gasteiger partial charge in [-0.3, -0.25) is 5.32 Å². The summed E-state index contributed by atoms with van der Waals surface area (Å²) in [5.41, 5.74) is 3.84. The van der Waals surface area contributed by atoms with Crippen LogP contribution in [0.4, 0.5) is 9.80 Å². The van der Waals surface area contributed by atoms with Crippen LogP contribution in [0.15, 0.2) is 27.9 Å². The zero-order valence-corrected chi connectivity index (χ0v) is 14.6. The Hall–Kier alpha value is -2.61. The molecule has 0 saturated heterocycles. The van der Waals surface area contributed by atoms with Gasteiger partial charge in [0.15, 0.2) is 0 Å². The fourth-order valence-electron chi connectivity index (χ4n) is 2.72. The predicted molar refractivity (Wildman–Crippen MR) is 95.4 cm³/mol. The molecular weight excluding hydrogens is 342 g/mol. The van der Waals surface area contributed by atoms with Crippen LogP contribution in [0, 0.1) is 0 Å². The molecule has 2 aromatic heterocycles. The van der Waals surface area contributed by atoms with Crippen LogP contribution in [-0.4, -0.2) is 24.8 Å². The molecule has 0 aromatic carbocycles. The van der Waals surface area contributed by atoms with Crippen LogP contribution in [0.2, 0.25) is 0 Å². The Morgan fingerprint density at radius 1 is 1.40 bits per heavy atom. The van der Waals surface area contributed by atoms with Crippen molar-refractivity contribution < 1.29 is 18.7 Å². The highest BCUT2D eigenvalue weighted by Gasteiger charge is 2.27. The van der Waals surface area contributed by atoms with Gasteiger partial charge in [-0.1, -0.05) is 0 Å². The van der Waals surface area contributed by atoms with E-state index >= 15 is 0 Å². The number of carbonyl (C=O) groups is 2. The Bertz CT molecular complexity index is 780. The SMILES string of the molecule is CCOC(=O)c1c(NC(=O)NN=Cc2ccco2)sc2c1CCCC2.